The molecule has 0 saturated carbocycles. The first-order valence-corrected chi connectivity index (χ1v) is 4.16. The highest BCUT2D eigenvalue weighted by atomic mass is 16.1. The number of nitrogens with one attached hydrogen (secondary N) is 2. The molecule has 3 heteroatoms. The van der Waals surface area contributed by atoms with Gasteiger partial charge in [0, 0.05) is 23.3 Å². The summed E-state index contributed by atoms with van der Waals surface area (Å²) < 4.78 is 21.4. The average Bonchev–Trinajstić information content (AvgIpc) is 2.15. The lowest BCUT2D eigenvalue weighted by molar-refractivity contribution is 0.0947. The normalized spacial score (nSPS) is 19.1. The Balaban J connectivity index is 2.43. The van der Waals surface area contributed by atoms with Gasteiger partial charge < -0.3 is 10.6 Å². The van der Waals surface area contributed by atoms with E-state index in [9.17, 15) is 4.79 Å². The lowest BCUT2D eigenvalue weighted by atomic mass is 9.99. The van der Waals surface area contributed by atoms with Crippen LogP contribution in [0.15, 0.2) is 18.2 Å². The van der Waals surface area contributed by atoms with Crippen LogP contribution in [0.4, 0.5) is 5.69 Å². The summed E-state index contributed by atoms with van der Waals surface area (Å²) in [4.78, 5) is 11.7. The van der Waals surface area contributed by atoms with Crippen molar-refractivity contribution in [2.75, 3.05) is 18.8 Å². The van der Waals surface area contributed by atoms with Crippen molar-refractivity contribution in [1.82, 2.24) is 5.32 Å². The number of carbonyl (C=O) groups excluding carboxylic acids is 1. The molecule has 0 radical (unpaired) electrons. The molecule has 0 aromatic heterocycles. The number of rotatable bonds is 1. The first-order valence-electron chi connectivity index (χ1n) is 5.66. The average molecular weight is 179 g/mol. The second kappa shape index (κ2) is 3.09. The summed E-state index contributed by atoms with van der Waals surface area (Å²) in [6.07, 6.45) is 0.734. The van der Waals surface area contributed by atoms with E-state index in [-0.39, 0.29) is 5.91 Å². The third-order valence-corrected chi connectivity index (χ3v) is 2.19. The van der Waals surface area contributed by atoms with Gasteiger partial charge in [0.15, 0.2) is 0 Å². The molecule has 1 heterocycles. The van der Waals surface area contributed by atoms with Crippen molar-refractivity contribution < 1.29 is 8.91 Å². The van der Waals surface area contributed by atoms with Gasteiger partial charge in [-0.1, -0.05) is 12.1 Å². The van der Waals surface area contributed by atoms with Crippen molar-refractivity contribution in [2.24, 2.45) is 0 Å². The highest BCUT2D eigenvalue weighted by molar-refractivity contribution is 6.01. The molecule has 0 saturated heterocycles. The third kappa shape index (κ3) is 1.26. The molecule has 0 bridgehead atoms. The van der Waals surface area contributed by atoms with Crippen molar-refractivity contribution in [3.8, 4) is 0 Å². The number of benzene rings is 1. The minimum Gasteiger partial charge on any atom is -0.387 e. The fourth-order valence-corrected chi connectivity index (χ4v) is 1.58. The predicted octanol–water partition coefficient (Wildman–Crippen LogP) is 1.01. The molecule has 0 spiro atoms. The van der Waals surface area contributed by atoms with E-state index in [2.05, 4.69) is 10.6 Å². The van der Waals surface area contributed by atoms with E-state index in [1.165, 1.54) is 0 Å². The van der Waals surface area contributed by atoms with Crippen molar-refractivity contribution in [2.45, 2.75) is 6.42 Å². The number of amides is 1. The molecule has 1 amide bonds. The Hall–Kier alpha value is -1.51. The van der Waals surface area contributed by atoms with Crippen molar-refractivity contribution >= 4 is 11.6 Å². The Morgan fingerprint density at radius 3 is 3.38 bits per heavy atom. The lowest BCUT2D eigenvalue weighted by Crippen LogP contribution is -2.32. The van der Waals surface area contributed by atoms with Gasteiger partial charge in [0.25, 0.3) is 5.91 Å². The second-order valence-electron chi connectivity index (χ2n) is 2.97. The summed E-state index contributed by atoms with van der Waals surface area (Å²) in [5.41, 5.74) is 1.71. The summed E-state index contributed by atoms with van der Waals surface area (Å²) in [5.74, 6) is -0.214. The lowest BCUT2D eigenvalue weighted by Gasteiger charge is -2.18. The Morgan fingerprint density at radius 2 is 2.54 bits per heavy atom. The SMILES string of the molecule is [2H]C([2H])([2H])Nc1cccc2c1C(=O)NCC2. The van der Waals surface area contributed by atoms with Crippen LogP contribution in [0, 0.1) is 0 Å². The van der Waals surface area contributed by atoms with E-state index in [1.807, 2.05) is 6.07 Å². The maximum absolute atomic E-state index is 11.7. The van der Waals surface area contributed by atoms with Crippen molar-refractivity contribution in [3.05, 3.63) is 29.3 Å². The third-order valence-electron chi connectivity index (χ3n) is 2.19. The van der Waals surface area contributed by atoms with E-state index < -0.39 is 6.98 Å². The maximum Gasteiger partial charge on any atom is 0.253 e. The largest absolute Gasteiger partial charge is 0.387 e. The van der Waals surface area contributed by atoms with Crippen molar-refractivity contribution in [1.29, 1.82) is 0 Å². The monoisotopic (exact) mass is 179 g/mol. The molecule has 1 aromatic rings. The molecule has 0 fully saturated rings. The summed E-state index contributed by atoms with van der Waals surface area (Å²) in [6, 6.07) is 5.21. The molecule has 1 aliphatic heterocycles. The summed E-state index contributed by atoms with van der Waals surface area (Å²) in [5, 5.41) is 5.08. The number of fused-ring (bicyclic) bond motifs is 1. The Kier molecular flexibility index (Phi) is 1.25. The molecule has 0 aliphatic carbocycles. The summed E-state index contributed by atoms with van der Waals surface area (Å²) >= 11 is 0. The molecule has 1 aliphatic rings. The highest BCUT2D eigenvalue weighted by Crippen LogP contribution is 2.22. The van der Waals surface area contributed by atoms with Gasteiger partial charge in [-0.15, -0.1) is 0 Å². The van der Waals surface area contributed by atoms with Gasteiger partial charge in [0.05, 0.1) is 5.56 Å². The van der Waals surface area contributed by atoms with Gasteiger partial charge in [-0.25, -0.2) is 0 Å². The topological polar surface area (TPSA) is 41.1 Å². The summed E-state index contributed by atoms with van der Waals surface area (Å²) in [6.45, 7) is -1.68. The minimum atomic E-state index is -2.28. The standard InChI is InChI=1S/C10H12N2O/c1-11-8-4-2-3-7-5-6-12-10(13)9(7)8/h2-4,11H,5-6H2,1H3,(H,12,13)/i1D3. The van der Waals surface area contributed by atoms with E-state index >= 15 is 0 Å². The first-order chi connectivity index (χ1) is 7.47. The van der Waals surface area contributed by atoms with Crippen LogP contribution >= 0.6 is 0 Å². The van der Waals surface area contributed by atoms with E-state index in [1.54, 1.807) is 12.1 Å². The number of carbonyl (C=O) groups is 1. The number of hydrogen-bond donors (Lipinski definition) is 2. The molecule has 1 aromatic carbocycles. The molecule has 68 valence electrons. The van der Waals surface area contributed by atoms with Crippen LogP contribution in [0.1, 0.15) is 20.0 Å². The molecule has 13 heavy (non-hydrogen) atoms. The van der Waals surface area contributed by atoms with E-state index in [0.717, 1.165) is 12.0 Å². The Labute approximate surface area is 81.4 Å². The number of anilines is 1. The molecule has 2 N–H and O–H groups in total. The Bertz CT molecular complexity index is 429. The van der Waals surface area contributed by atoms with Crippen LogP contribution in [0.2, 0.25) is 0 Å². The molecule has 0 atom stereocenters. The zero-order chi connectivity index (χ0) is 11.8. The molecule has 0 unspecified atom stereocenters. The van der Waals surface area contributed by atoms with Gasteiger partial charge in [-0.05, 0) is 18.1 Å². The van der Waals surface area contributed by atoms with Gasteiger partial charge in [-0.3, -0.25) is 4.79 Å². The zero-order valence-electron chi connectivity index (χ0n) is 10.1. The molecule has 3 nitrogen and oxygen atoms in total. The van der Waals surface area contributed by atoms with Crippen LogP contribution in [0.5, 0.6) is 0 Å². The smallest absolute Gasteiger partial charge is 0.253 e. The zero-order valence-corrected chi connectivity index (χ0v) is 7.05. The summed E-state index contributed by atoms with van der Waals surface area (Å²) in [7, 11) is 0. The maximum atomic E-state index is 11.7. The predicted molar refractivity (Wildman–Crippen MR) is 52.0 cm³/mol. The minimum absolute atomic E-state index is 0.214. The Morgan fingerprint density at radius 1 is 1.62 bits per heavy atom. The second-order valence-corrected chi connectivity index (χ2v) is 2.97. The van der Waals surface area contributed by atoms with E-state index in [0.29, 0.717) is 17.8 Å². The van der Waals surface area contributed by atoms with Crippen LogP contribution in [-0.2, 0) is 6.42 Å². The van der Waals surface area contributed by atoms with Gasteiger partial charge >= 0.3 is 0 Å². The van der Waals surface area contributed by atoms with Crippen LogP contribution in [0.25, 0.3) is 0 Å². The first kappa shape index (κ1) is 5.27. The van der Waals surface area contributed by atoms with Crippen molar-refractivity contribution in [3.63, 3.8) is 0 Å². The van der Waals surface area contributed by atoms with Crippen LogP contribution in [-0.4, -0.2) is 19.4 Å². The van der Waals surface area contributed by atoms with Gasteiger partial charge in [0.1, 0.15) is 0 Å². The van der Waals surface area contributed by atoms with Gasteiger partial charge in [-0.2, -0.15) is 0 Å². The molecule has 2 rings (SSSR count). The fourth-order valence-electron chi connectivity index (χ4n) is 1.58. The van der Waals surface area contributed by atoms with Gasteiger partial charge in [0.2, 0.25) is 0 Å². The van der Waals surface area contributed by atoms with Crippen LogP contribution in [0.3, 0.4) is 0 Å². The van der Waals surface area contributed by atoms with Crippen LogP contribution < -0.4 is 10.6 Å². The highest BCUT2D eigenvalue weighted by Gasteiger charge is 2.18. The van der Waals surface area contributed by atoms with E-state index in [4.69, 9.17) is 4.11 Å². The molecular weight excluding hydrogens is 164 g/mol. The molecular formula is C10H12N2O. The fraction of sp³-hybridized carbons (Fsp3) is 0.300. The quantitative estimate of drug-likeness (QED) is 0.675. The number of hydrogen-bond acceptors (Lipinski definition) is 2.